The van der Waals surface area contributed by atoms with Gasteiger partial charge in [0.1, 0.15) is 5.69 Å². The Balaban J connectivity index is 2.32. The molecule has 1 heterocycles. The summed E-state index contributed by atoms with van der Waals surface area (Å²) in [5.41, 5.74) is 6.16. The van der Waals surface area contributed by atoms with Gasteiger partial charge in [-0.1, -0.05) is 6.07 Å². The van der Waals surface area contributed by atoms with Gasteiger partial charge >= 0.3 is 0 Å². The molecule has 1 aliphatic rings. The molecule has 2 rings (SSSR count). The van der Waals surface area contributed by atoms with Gasteiger partial charge in [0.25, 0.3) is 5.69 Å². The number of carbonyl (C=O) groups excluding carboxylic acids is 1. The number of amides is 1. The van der Waals surface area contributed by atoms with Gasteiger partial charge in [-0.2, -0.15) is 0 Å². The van der Waals surface area contributed by atoms with Crippen molar-refractivity contribution < 1.29 is 14.8 Å². The Kier molecular flexibility index (Phi) is 3.89. The monoisotopic (exact) mass is 279 g/mol. The van der Waals surface area contributed by atoms with Crippen LogP contribution in [0, 0.1) is 16.0 Å². The van der Waals surface area contributed by atoms with Crippen molar-refractivity contribution in [1.82, 2.24) is 0 Å². The van der Waals surface area contributed by atoms with E-state index < -0.39 is 11.0 Å². The van der Waals surface area contributed by atoms with Gasteiger partial charge in [0.15, 0.2) is 0 Å². The average molecular weight is 279 g/mol. The molecule has 3 N–H and O–H groups in total. The van der Waals surface area contributed by atoms with E-state index in [-0.39, 0.29) is 17.5 Å². The van der Waals surface area contributed by atoms with Crippen LogP contribution in [0.15, 0.2) is 18.2 Å². The number of nitro groups is 1. The summed E-state index contributed by atoms with van der Waals surface area (Å²) in [4.78, 5) is 23.7. The van der Waals surface area contributed by atoms with Crippen LogP contribution in [0.25, 0.3) is 0 Å². The molecule has 1 fully saturated rings. The Bertz CT molecular complexity index is 544. The number of nitrogens with two attached hydrogens (primary N) is 1. The zero-order chi connectivity index (χ0) is 14.9. The van der Waals surface area contributed by atoms with Crippen molar-refractivity contribution in [3.05, 3.63) is 33.9 Å². The molecule has 108 valence electrons. The predicted molar refractivity (Wildman–Crippen MR) is 73.2 cm³/mol. The molecule has 0 radical (unpaired) electrons. The van der Waals surface area contributed by atoms with Gasteiger partial charge < -0.3 is 15.7 Å². The number of hydrogen-bond donors (Lipinski definition) is 2. The van der Waals surface area contributed by atoms with Crippen molar-refractivity contribution in [1.29, 1.82) is 0 Å². The highest BCUT2D eigenvalue weighted by molar-refractivity contribution is 5.78. The zero-order valence-electron chi connectivity index (χ0n) is 11.2. The summed E-state index contributed by atoms with van der Waals surface area (Å²) in [6.07, 6.45) is -0.162. The van der Waals surface area contributed by atoms with Crippen molar-refractivity contribution in [3.63, 3.8) is 0 Å². The van der Waals surface area contributed by atoms with Gasteiger partial charge in [-0.25, -0.2) is 0 Å². The van der Waals surface area contributed by atoms with Crippen LogP contribution in [-0.2, 0) is 4.79 Å². The van der Waals surface area contributed by atoms with Crippen LogP contribution in [0.1, 0.15) is 25.0 Å². The lowest BCUT2D eigenvalue weighted by Gasteiger charge is -2.19. The number of aliphatic hydroxyl groups is 1. The van der Waals surface area contributed by atoms with Gasteiger partial charge in [-0.3, -0.25) is 14.9 Å². The van der Waals surface area contributed by atoms with Gasteiger partial charge in [0.05, 0.1) is 16.9 Å². The molecule has 1 aromatic rings. The number of nitro benzene ring substituents is 1. The fraction of sp³-hybridized carbons (Fsp3) is 0.462. The van der Waals surface area contributed by atoms with Gasteiger partial charge in [0.2, 0.25) is 5.91 Å². The second-order valence-electron chi connectivity index (χ2n) is 5.02. The Hall–Kier alpha value is -2.15. The highest BCUT2D eigenvalue weighted by Gasteiger charge is 2.30. The fourth-order valence-corrected chi connectivity index (χ4v) is 2.43. The molecule has 0 aliphatic carbocycles. The lowest BCUT2D eigenvalue weighted by atomic mass is 10.1. The van der Waals surface area contributed by atoms with Crippen LogP contribution in [0.5, 0.6) is 0 Å². The number of hydrogen-bond acceptors (Lipinski definition) is 5. The molecule has 1 aromatic carbocycles. The van der Waals surface area contributed by atoms with E-state index in [2.05, 4.69) is 0 Å². The first-order valence-corrected chi connectivity index (χ1v) is 6.41. The lowest BCUT2D eigenvalue weighted by molar-refractivity contribution is -0.384. The van der Waals surface area contributed by atoms with E-state index in [0.717, 1.165) is 0 Å². The van der Waals surface area contributed by atoms with E-state index in [0.29, 0.717) is 30.8 Å². The van der Waals surface area contributed by atoms with E-state index in [9.17, 15) is 20.0 Å². The van der Waals surface area contributed by atoms with Crippen LogP contribution in [0.4, 0.5) is 11.4 Å². The molecule has 1 amide bonds. The van der Waals surface area contributed by atoms with Crippen LogP contribution in [0.2, 0.25) is 0 Å². The number of anilines is 1. The second-order valence-corrected chi connectivity index (χ2v) is 5.02. The first-order valence-electron chi connectivity index (χ1n) is 6.41. The number of nitrogens with zero attached hydrogens (tertiary/aromatic N) is 2. The highest BCUT2D eigenvalue weighted by atomic mass is 16.6. The topological polar surface area (TPSA) is 110 Å². The maximum absolute atomic E-state index is 11.2. The fourth-order valence-electron chi connectivity index (χ4n) is 2.43. The Morgan fingerprint density at radius 1 is 1.60 bits per heavy atom. The molecule has 1 saturated heterocycles. The molecule has 7 nitrogen and oxygen atoms in total. The van der Waals surface area contributed by atoms with Crippen LogP contribution >= 0.6 is 0 Å². The second kappa shape index (κ2) is 5.46. The normalized spacial score (nSPS) is 19.9. The van der Waals surface area contributed by atoms with Crippen molar-refractivity contribution in [2.45, 2.75) is 19.4 Å². The van der Waals surface area contributed by atoms with E-state index in [4.69, 9.17) is 5.73 Å². The molecule has 0 bridgehead atoms. The maximum Gasteiger partial charge on any atom is 0.292 e. The number of rotatable bonds is 4. The highest BCUT2D eigenvalue weighted by Crippen LogP contribution is 2.34. The summed E-state index contributed by atoms with van der Waals surface area (Å²) in [7, 11) is 0. The first kappa shape index (κ1) is 14.3. The third-order valence-electron chi connectivity index (χ3n) is 3.61. The summed E-state index contributed by atoms with van der Waals surface area (Å²) in [6.45, 7) is 2.50. The lowest BCUT2D eigenvalue weighted by Crippen LogP contribution is -2.27. The molecule has 2 atom stereocenters. The molecule has 0 aromatic heterocycles. The summed E-state index contributed by atoms with van der Waals surface area (Å²) in [5, 5.41) is 20.7. The maximum atomic E-state index is 11.2. The summed E-state index contributed by atoms with van der Waals surface area (Å²) >= 11 is 0. The van der Waals surface area contributed by atoms with Gasteiger partial charge in [0, 0.05) is 19.2 Å². The largest absolute Gasteiger partial charge is 0.389 e. The van der Waals surface area contributed by atoms with Crippen LogP contribution in [-0.4, -0.2) is 29.0 Å². The van der Waals surface area contributed by atoms with Crippen LogP contribution < -0.4 is 10.6 Å². The minimum absolute atomic E-state index is 0.0616. The van der Waals surface area contributed by atoms with Gasteiger partial charge in [-0.15, -0.1) is 0 Å². The number of carbonyl (C=O) groups is 1. The first-order chi connectivity index (χ1) is 9.40. The third-order valence-corrected chi connectivity index (χ3v) is 3.61. The summed E-state index contributed by atoms with van der Waals surface area (Å²) in [6, 6.07) is 4.64. The van der Waals surface area contributed by atoms with Crippen molar-refractivity contribution >= 4 is 17.3 Å². The Labute approximate surface area is 116 Å². The number of benzene rings is 1. The SMILES string of the molecule is CC(O)c1ccc(N2CCC(C(N)=O)C2)c([N+](=O)[O-])c1. The van der Waals surface area contributed by atoms with Crippen molar-refractivity contribution in [2.75, 3.05) is 18.0 Å². The molecule has 0 spiro atoms. The molecule has 2 unspecified atom stereocenters. The van der Waals surface area contributed by atoms with E-state index in [1.807, 2.05) is 0 Å². The molecular formula is C13H17N3O4. The molecule has 7 heteroatoms. The number of aliphatic hydroxyl groups excluding tert-OH is 1. The van der Waals surface area contributed by atoms with E-state index in [1.54, 1.807) is 24.0 Å². The molecule has 20 heavy (non-hydrogen) atoms. The summed E-state index contributed by atoms with van der Waals surface area (Å²) in [5.74, 6) is -0.651. The zero-order valence-corrected chi connectivity index (χ0v) is 11.2. The molecule has 1 aliphatic heterocycles. The van der Waals surface area contributed by atoms with Crippen molar-refractivity contribution in [2.24, 2.45) is 11.7 Å². The van der Waals surface area contributed by atoms with E-state index in [1.165, 1.54) is 6.07 Å². The quantitative estimate of drug-likeness (QED) is 0.630. The van der Waals surface area contributed by atoms with E-state index >= 15 is 0 Å². The molecule has 0 saturated carbocycles. The van der Waals surface area contributed by atoms with Gasteiger partial charge in [-0.05, 0) is 25.0 Å². The minimum Gasteiger partial charge on any atom is -0.389 e. The summed E-state index contributed by atoms with van der Waals surface area (Å²) < 4.78 is 0. The average Bonchev–Trinajstić information content (AvgIpc) is 2.87. The Morgan fingerprint density at radius 3 is 2.80 bits per heavy atom. The molecular weight excluding hydrogens is 262 g/mol. The Morgan fingerprint density at radius 2 is 2.30 bits per heavy atom. The van der Waals surface area contributed by atoms with Crippen LogP contribution in [0.3, 0.4) is 0 Å². The van der Waals surface area contributed by atoms with Crippen molar-refractivity contribution in [3.8, 4) is 0 Å². The smallest absolute Gasteiger partial charge is 0.292 e. The minimum atomic E-state index is -0.764. The number of primary amides is 1. The third kappa shape index (κ3) is 2.72. The standard InChI is InChI=1S/C13H17N3O4/c1-8(17)9-2-3-11(12(6-9)16(19)20)15-5-4-10(7-15)13(14)18/h2-3,6,8,10,17H,4-5,7H2,1H3,(H2,14,18). The predicted octanol–water partition coefficient (Wildman–Crippen LogP) is 0.960.